The van der Waals surface area contributed by atoms with Gasteiger partial charge in [-0.3, -0.25) is 19.9 Å². The number of nitrogens with one attached hydrogen (secondary N) is 2. The van der Waals surface area contributed by atoms with E-state index in [-0.39, 0.29) is 24.4 Å². The highest BCUT2D eigenvalue weighted by molar-refractivity contribution is 6.08. The maximum Gasteiger partial charge on any atom is 0.344 e. The van der Waals surface area contributed by atoms with E-state index in [2.05, 4.69) is 34.7 Å². The number of carbonyl (C=O) groups is 3. The number of hydrogen-bond donors (Lipinski definition) is 2. The highest BCUT2D eigenvalue weighted by atomic mass is 16.2. The van der Waals surface area contributed by atoms with E-state index in [4.69, 9.17) is 0 Å². The molecule has 7 heteroatoms. The van der Waals surface area contributed by atoms with Crippen LogP contribution in [0.4, 0.5) is 4.79 Å². The maximum atomic E-state index is 12.9. The molecule has 1 aliphatic heterocycles. The molecule has 1 spiro atoms. The van der Waals surface area contributed by atoms with Gasteiger partial charge in [0.15, 0.2) is 0 Å². The number of carbonyl (C=O) groups excluding carboxylic acids is 3. The average Bonchev–Trinajstić information content (AvgIpc) is 3.52. The van der Waals surface area contributed by atoms with E-state index in [1.54, 1.807) is 0 Å². The van der Waals surface area contributed by atoms with Crippen molar-refractivity contribution in [3.63, 3.8) is 0 Å². The summed E-state index contributed by atoms with van der Waals surface area (Å²) < 4.78 is 0. The first-order chi connectivity index (χ1) is 14.0. The number of hydrazine groups is 1. The minimum absolute atomic E-state index is 0.0790. The van der Waals surface area contributed by atoms with Crippen molar-refractivity contribution < 1.29 is 14.4 Å². The van der Waals surface area contributed by atoms with E-state index in [9.17, 15) is 14.4 Å². The molecule has 156 valence electrons. The van der Waals surface area contributed by atoms with Gasteiger partial charge in [-0.2, -0.15) is 5.01 Å². The largest absolute Gasteiger partial charge is 0.344 e. The van der Waals surface area contributed by atoms with Crippen LogP contribution < -0.4 is 10.7 Å². The zero-order valence-electron chi connectivity index (χ0n) is 17.0. The van der Waals surface area contributed by atoms with E-state index >= 15 is 0 Å². The summed E-state index contributed by atoms with van der Waals surface area (Å²) in [7, 11) is 0. The fourth-order valence-electron chi connectivity index (χ4n) is 4.49. The predicted octanol–water partition coefficient (Wildman–Crippen LogP) is 2.75. The topological polar surface area (TPSA) is 81.8 Å². The molecule has 1 unspecified atom stereocenters. The van der Waals surface area contributed by atoms with Gasteiger partial charge in [0, 0.05) is 12.6 Å². The number of benzene rings is 1. The molecule has 2 saturated carbocycles. The SMILES string of the molecule is CC(c1ccccc1)N(CC(=O)NN1C(=O)NC2(CCCCC2)C1=O)CC1CC1. The normalized spacial score (nSPS) is 22.1. The van der Waals surface area contributed by atoms with Gasteiger partial charge in [-0.15, -0.1) is 0 Å². The molecule has 29 heavy (non-hydrogen) atoms. The van der Waals surface area contributed by atoms with Gasteiger partial charge in [-0.05, 0) is 44.1 Å². The van der Waals surface area contributed by atoms with Gasteiger partial charge in [0.1, 0.15) is 5.54 Å². The first-order valence-corrected chi connectivity index (χ1v) is 10.7. The quantitative estimate of drug-likeness (QED) is 0.692. The standard InChI is InChI=1S/C22H30N4O3/c1-16(18-8-4-2-5-9-18)25(14-17-10-11-17)15-19(27)24-26-20(28)22(23-21(26)29)12-6-3-7-13-22/h2,4-5,8-9,16-17H,3,6-7,10-15H2,1H3,(H,23,29)(H,24,27). The summed E-state index contributed by atoms with van der Waals surface area (Å²) in [5.41, 5.74) is 2.90. The van der Waals surface area contributed by atoms with Gasteiger partial charge in [-0.1, -0.05) is 49.6 Å². The second kappa shape index (κ2) is 8.14. The Morgan fingerprint density at radius 2 is 1.90 bits per heavy atom. The summed E-state index contributed by atoms with van der Waals surface area (Å²) in [5, 5.41) is 3.73. The Balaban J connectivity index is 1.41. The molecule has 2 N–H and O–H groups in total. The number of amides is 4. The van der Waals surface area contributed by atoms with Crippen LogP contribution in [-0.2, 0) is 9.59 Å². The number of nitrogens with zero attached hydrogens (tertiary/aromatic N) is 2. The molecule has 1 atom stereocenters. The summed E-state index contributed by atoms with van der Waals surface area (Å²) in [6.45, 7) is 3.08. The van der Waals surface area contributed by atoms with Crippen molar-refractivity contribution in [1.29, 1.82) is 0 Å². The third-order valence-corrected chi connectivity index (χ3v) is 6.47. The molecular formula is C22H30N4O3. The number of hydrogen-bond acceptors (Lipinski definition) is 4. The average molecular weight is 399 g/mol. The molecule has 3 fully saturated rings. The molecule has 2 aliphatic carbocycles. The zero-order valence-corrected chi connectivity index (χ0v) is 17.0. The summed E-state index contributed by atoms with van der Waals surface area (Å²) in [4.78, 5) is 40.2. The van der Waals surface area contributed by atoms with Crippen LogP contribution in [0.15, 0.2) is 30.3 Å². The number of urea groups is 1. The smallest absolute Gasteiger partial charge is 0.322 e. The van der Waals surface area contributed by atoms with Crippen molar-refractivity contribution in [2.24, 2.45) is 5.92 Å². The van der Waals surface area contributed by atoms with Crippen LogP contribution in [0.5, 0.6) is 0 Å². The van der Waals surface area contributed by atoms with E-state index in [1.165, 1.54) is 12.8 Å². The van der Waals surface area contributed by atoms with Gasteiger partial charge in [0.25, 0.3) is 11.8 Å². The van der Waals surface area contributed by atoms with E-state index in [0.29, 0.717) is 18.8 Å². The summed E-state index contributed by atoms with van der Waals surface area (Å²) in [6, 6.07) is 9.66. The molecule has 3 aliphatic rings. The van der Waals surface area contributed by atoms with E-state index in [0.717, 1.165) is 36.4 Å². The lowest BCUT2D eigenvalue weighted by Gasteiger charge is -2.31. The number of imide groups is 1. The molecule has 1 heterocycles. The molecular weight excluding hydrogens is 368 g/mol. The van der Waals surface area contributed by atoms with Crippen molar-refractivity contribution in [3.8, 4) is 0 Å². The fraction of sp³-hybridized carbons (Fsp3) is 0.591. The Kier molecular flexibility index (Phi) is 5.58. The molecule has 4 amide bonds. The second-order valence-electron chi connectivity index (χ2n) is 8.71. The molecule has 4 rings (SSSR count). The summed E-state index contributed by atoms with van der Waals surface area (Å²) >= 11 is 0. The van der Waals surface area contributed by atoms with Crippen LogP contribution >= 0.6 is 0 Å². The maximum absolute atomic E-state index is 12.9. The highest BCUT2D eigenvalue weighted by Crippen LogP contribution is 2.34. The Bertz CT molecular complexity index is 772. The molecule has 0 radical (unpaired) electrons. The number of rotatable bonds is 7. The van der Waals surface area contributed by atoms with Gasteiger partial charge in [0.2, 0.25) is 0 Å². The lowest BCUT2D eigenvalue weighted by molar-refractivity contribution is -0.140. The molecule has 1 aromatic carbocycles. The van der Waals surface area contributed by atoms with Gasteiger partial charge in [0.05, 0.1) is 6.54 Å². The van der Waals surface area contributed by atoms with Crippen LogP contribution in [0.25, 0.3) is 0 Å². The van der Waals surface area contributed by atoms with Gasteiger partial charge < -0.3 is 5.32 Å². The first kappa shape index (κ1) is 19.9. The van der Waals surface area contributed by atoms with Gasteiger partial charge >= 0.3 is 6.03 Å². The highest BCUT2D eigenvalue weighted by Gasteiger charge is 2.52. The Morgan fingerprint density at radius 1 is 1.21 bits per heavy atom. The molecule has 1 aromatic rings. The summed E-state index contributed by atoms with van der Waals surface area (Å²) in [6.07, 6.45) is 6.57. The van der Waals surface area contributed by atoms with Gasteiger partial charge in [-0.25, -0.2) is 4.79 Å². The minimum atomic E-state index is -0.826. The third-order valence-electron chi connectivity index (χ3n) is 6.47. The van der Waals surface area contributed by atoms with Crippen molar-refractivity contribution in [1.82, 2.24) is 20.7 Å². The van der Waals surface area contributed by atoms with E-state index < -0.39 is 11.6 Å². The lowest BCUT2D eigenvalue weighted by atomic mass is 9.82. The van der Waals surface area contributed by atoms with Crippen molar-refractivity contribution in [2.45, 2.75) is 63.5 Å². The predicted molar refractivity (Wildman–Crippen MR) is 108 cm³/mol. The van der Waals surface area contributed by atoms with Crippen LogP contribution in [0.1, 0.15) is 63.5 Å². The van der Waals surface area contributed by atoms with Crippen LogP contribution in [0.2, 0.25) is 0 Å². The minimum Gasteiger partial charge on any atom is -0.322 e. The van der Waals surface area contributed by atoms with Crippen LogP contribution in [0, 0.1) is 5.92 Å². The van der Waals surface area contributed by atoms with Crippen LogP contribution in [0.3, 0.4) is 0 Å². The molecule has 1 saturated heterocycles. The van der Waals surface area contributed by atoms with Crippen molar-refractivity contribution in [3.05, 3.63) is 35.9 Å². The summed E-state index contributed by atoms with van der Waals surface area (Å²) in [5.74, 6) is -0.0265. The van der Waals surface area contributed by atoms with Crippen molar-refractivity contribution >= 4 is 17.8 Å². The van der Waals surface area contributed by atoms with Crippen LogP contribution in [-0.4, -0.2) is 46.4 Å². The molecule has 0 aromatic heterocycles. The van der Waals surface area contributed by atoms with Crippen molar-refractivity contribution in [2.75, 3.05) is 13.1 Å². The third kappa shape index (κ3) is 4.29. The van der Waals surface area contributed by atoms with E-state index in [1.807, 2.05) is 18.2 Å². The monoisotopic (exact) mass is 398 g/mol. The molecule has 7 nitrogen and oxygen atoms in total. The Labute approximate surface area is 171 Å². The second-order valence-corrected chi connectivity index (χ2v) is 8.71. The Hall–Kier alpha value is -2.41. The first-order valence-electron chi connectivity index (χ1n) is 10.7. The molecule has 0 bridgehead atoms. The fourth-order valence-corrected chi connectivity index (χ4v) is 4.49. The Morgan fingerprint density at radius 3 is 2.55 bits per heavy atom. The zero-order chi connectivity index (χ0) is 20.4. The lowest BCUT2D eigenvalue weighted by Crippen LogP contribution is -2.52.